The quantitative estimate of drug-likeness (QED) is 0.809. The van der Waals surface area contributed by atoms with Gasteiger partial charge in [-0.1, -0.05) is 0 Å². The summed E-state index contributed by atoms with van der Waals surface area (Å²) in [6.45, 7) is 3.79. The van der Waals surface area contributed by atoms with Gasteiger partial charge in [-0.3, -0.25) is 19.0 Å². The van der Waals surface area contributed by atoms with Crippen LogP contribution in [0.2, 0.25) is 0 Å². The van der Waals surface area contributed by atoms with Crippen LogP contribution in [-0.4, -0.2) is 38.4 Å². The number of aromatic nitrogens is 4. The fourth-order valence-corrected chi connectivity index (χ4v) is 2.26. The third kappa shape index (κ3) is 4.41. The number of nitrogens with one attached hydrogen (secondary N) is 2. The van der Waals surface area contributed by atoms with E-state index >= 15 is 0 Å². The molecule has 2 N–H and O–H groups in total. The van der Waals surface area contributed by atoms with E-state index in [0.717, 1.165) is 10.7 Å². The molecule has 0 atom stereocenters. The predicted octanol–water partition coefficient (Wildman–Crippen LogP) is 1.82. The van der Waals surface area contributed by atoms with Crippen molar-refractivity contribution in [2.45, 2.75) is 39.5 Å². The molecule has 0 aromatic carbocycles. The van der Waals surface area contributed by atoms with Crippen molar-refractivity contribution in [2.75, 3.05) is 12.4 Å². The summed E-state index contributed by atoms with van der Waals surface area (Å²) in [4.78, 5) is 23.9. The summed E-state index contributed by atoms with van der Waals surface area (Å²) in [6, 6.07) is 0.923. The molecule has 0 aliphatic heterocycles. The molecular weight excluding hydrogens is 353 g/mol. The number of halogens is 3. The van der Waals surface area contributed by atoms with Gasteiger partial charge in [0.05, 0.1) is 5.69 Å². The van der Waals surface area contributed by atoms with E-state index in [1.165, 1.54) is 24.9 Å². The fraction of sp³-hybridized carbons (Fsp3) is 0.467. The van der Waals surface area contributed by atoms with Crippen molar-refractivity contribution in [1.29, 1.82) is 0 Å². The maximum atomic E-state index is 12.7. The summed E-state index contributed by atoms with van der Waals surface area (Å²) in [5.41, 5.74) is -0.391. The zero-order valence-corrected chi connectivity index (χ0v) is 14.5. The first-order valence-electron chi connectivity index (χ1n) is 7.86. The van der Waals surface area contributed by atoms with Gasteiger partial charge in [-0.15, -0.1) is 0 Å². The maximum Gasteiger partial charge on any atom is 0.435 e. The summed E-state index contributed by atoms with van der Waals surface area (Å²) in [5.74, 6) is -0.917. The molecule has 0 spiro atoms. The molecule has 2 aromatic rings. The van der Waals surface area contributed by atoms with Crippen LogP contribution in [0.25, 0.3) is 0 Å². The largest absolute Gasteiger partial charge is 0.435 e. The standard InChI is InChI=1S/C15H19F3N6O2/c1-4-23-8-10(13(22-23)14(26)19-3)20-12(25)5-6-24-9(2)7-11(21-24)15(16,17)18/h7-8H,4-6H2,1-3H3,(H,19,26)(H,20,25). The van der Waals surface area contributed by atoms with Crippen molar-refractivity contribution >= 4 is 17.5 Å². The zero-order valence-electron chi connectivity index (χ0n) is 14.5. The first-order valence-corrected chi connectivity index (χ1v) is 7.86. The van der Waals surface area contributed by atoms with Crippen LogP contribution in [0.15, 0.2) is 12.3 Å². The molecule has 0 saturated heterocycles. The lowest BCUT2D eigenvalue weighted by Crippen LogP contribution is -2.22. The van der Waals surface area contributed by atoms with E-state index in [2.05, 4.69) is 20.8 Å². The Bertz CT molecular complexity index is 809. The molecule has 0 aliphatic carbocycles. The normalized spacial score (nSPS) is 11.5. The minimum absolute atomic E-state index is 0.0228. The fourth-order valence-electron chi connectivity index (χ4n) is 2.26. The van der Waals surface area contributed by atoms with E-state index in [4.69, 9.17) is 0 Å². The molecular formula is C15H19F3N6O2. The molecule has 2 rings (SSSR count). The SMILES string of the molecule is CCn1cc(NC(=O)CCn2nc(C(F)(F)F)cc2C)c(C(=O)NC)n1. The highest BCUT2D eigenvalue weighted by molar-refractivity contribution is 6.02. The number of alkyl halides is 3. The van der Waals surface area contributed by atoms with E-state index in [9.17, 15) is 22.8 Å². The molecule has 0 unspecified atom stereocenters. The van der Waals surface area contributed by atoms with Gasteiger partial charge in [-0.2, -0.15) is 23.4 Å². The number of hydrogen-bond donors (Lipinski definition) is 2. The molecule has 2 heterocycles. The van der Waals surface area contributed by atoms with Gasteiger partial charge in [0.2, 0.25) is 5.91 Å². The summed E-state index contributed by atoms with van der Waals surface area (Å²) < 4.78 is 40.6. The molecule has 142 valence electrons. The number of carbonyl (C=O) groups is 2. The van der Waals surface area contributed by atoms with E-state index in [0.29, 0.717) is 12.2 Å². The van der Waals surface area contributed by atoms with Gasteiger partial charge in [-0.25, -0.2) is 0 Å². The monoisotopic (exact) mass is 372 g/mol. The predicted molar refractivity (Wildman–Crippen MR) is 86.5 cm³/mol. The first-order chi connectivity index (χ1) is 12.2. The lowest BCUT2D eigenvalue weighted by atomic mass is 10.3. The summed E-state index contributed by atoms with van der Waals surface area (Å²) in [7, 11) is 1.44. The number of nitrogens with zero attached hydrogens (tertiary/aromatic N) is 4. The van der Waals surface area contributed by atoms with Crippen LogP contribution in [0.4, 0.5) is 18.9 Å². The van der Waals surface area contributed by atoms with E-state index in [1.54, 1.807) is 0 Å². The lowest BCUT2D eigenvalue weighted by Gasteiger charge is -2.06. The Hall–Kier alpha value is -2.85. The van der Waals surface area contributed by atoms with Crippen LogP contribution in [0.5, 0.6) is 0 Å². The van der Waals surface area contributed by atoms with Crippen molar-refractivity contribution in [2.24, 2.45) is 0 Å². The molecule has 0 aliphatic rings. The summed E-state index contributed by atoms with van der Waals surface area (Å²) >= 11 is 0. The second-order valence-electron chi connectivity index (χ2n) is 5.52. The maximum absolute atomic E-state index is 12.7. The van der Waals surface area contributed by atoms with Crippen LogP contribution in [0.1, 0.15) is 35.2 Å². The second kappa shape index (κ2) is 7.58. The van der Waals surface area contributed by atoms with Gasteiger partial charge >= 0.3 is 6.18 Å². The third-order valence-corrected chi connectivity index (χ3v) is 3.62. The van der Waals surface area contributed by atoms with Crippen LogP contribution >= 0.6 is 0 Å². The Morgan fingerprint density at radius 3 is 2.50 bits per heavy atom. The minimum Gasteiger partial charge on any atom is -0.354 e. The van der Waals surface area contributed by atoms with Crippen LogP contribution in [-0.2, 0) is 24.1 Å². The van der Waals surface area contributed by atoms with Crippen molar-refractivity contribution in [3.63, 3.8) is 0 Å². The lowest BCUT2D eigenvalue weighted by molar-refractivity contribution is -0.141. The van der Waals surface area contributed by atoms with Gasteiger partial charge in [0.25, 0.3) is 5.91 Å². The molecule has 11 heteroatoms. The molecule has 2 aromatic heterocycles. The highest BCUT2D eigenvalue weighted by Gasteiger charge is 2.34. The zero-order chi connectivity index (χ0) is 19.5. The van der Waals surface area contributed by atoms with Gasteiger partial charge in [0.1, 0.15) is 0 Å². The Morgan fingerprint density at radius 1 is 1.27 bits per heavy atom. The number of anilines is 1. The molecule has 2 amide bonds. The van der Waals surface area contributed by atoms with Gasteiger partial charge in [0.15, 0.2) is 11.4 Å². The van der Waals surface area contributed by atoms with E-state index < -0.39 is 23.7 Å². The smallest absolute Gasteiger partial charge is 0.354 e. The van der Waals surface area contributed by atoms with Crippen LogP contribution < -0.4 is 10.6 Å². The Morgan fingerprint density at radius 2 is 1.96 bits per heavy atom. The molecule has 0 fully saturated rings. The highest BCUT2D eigenvalue weighted by atomic mass is 19.4. The summed E-state index contributed by atoms with van der Waals surface area (Å²) in [6.07, 6.45) is -3.12. The molecule has 8 nitrogen and oxygen atoms in total. The van der Waals surface area contributed by atoms with E-state index in [-0.39, 0.29) is 24.3 Å². The molecule has 0 bridgehead atoms. The molecule has 0 saturated carbocycles. The Balaban J connectivity index is 2.05. The van der Waals surface area contributed by atoms with Gasteiger partial charge < -0.3 is 10.6 Å². The average molecular weight is 372 g/mol. The van der Waals surface area contributed by atoms with Crippen molar-refractivity contribution < 1.29 is 22.8 Å². The minimum atomic E-state index is -4.53. The summed E-state index contributed by atoms with van der Waals surface area (Å²) in [5, 5.41) is 12.5. The number of carbonyl (C=O) groups excluding carboxylic acids is 2. The van der Waals surface area contributed by atoms with Crippen LogP contribution in [0, 0.1) is 6.92 Å². The highest BCUT2D eigenvalue weighted by Crippen LogP contribution is 2.28. The van der Waals surface area contributed by atoms with E-state index in [1.807, 2.05) is 6.92 Å². The number of hydrogen-bond acceptors (Lipinski definition) is 4. The Labute approximate surface area is 147 Å². The van der Waals surface area contributed by atoms with Crippen LogP contribution in [0.3, 0.4) is 0 Å². The third-order valence-electron chi connectivity index (χ3n) is 3.62. The second-order valence-corrected chi connectivity index (χ2v) is 5.52. The van der Waals surface area contributed by atoms with Crippen molar-refractivity contribution in [3.05, 3.63) is 29.3 Å². The van der Waals surface area contributed by atoms with Gasteiger partial charge in [-0.05, 0) is 19.9 Å². The van der Waals surface area contributed by atoms with Gasteiger partial charge in [0, 0.05) is 38.4 Å². The first kappa shape index (κ1) is 19.5. The average Bonchev–Trinajstić information content (AvgIpc) is 3.15. The molecule has 26 heavy (non-hydrogen) atoms. The number of amides is 2. The molecule has 0 radical (unpaired) electrons. The topological polar surface area (TPSA) is 93.8 Å². The van der Waals surface area contributed by atoms with Crippen molar-refractivity contribution in [1.82, 2.24) is 24.9 Å². The van der Waals surface area contributed by atoms with Crippen molar-refractivity contribution in [3.8, 4) is 0 Å². The number of rotatable bonds is 6. The number of aryl methyl sites for hydroxylation is 3. The Kier molecular flexibility index (Phi) is 5.68.